The van der Waals surface area contributed by atoms with E-state index in [1.807, 2.05) is 0 Å². The Morgan fingerprint density at radius 3 is 2.04 bits per heavy atom. The van der Waals surface area contributed by atoms with Crippen molar-refractivity contribution in [1.82, 2.24) is 5.32 Å². The van der Waals surface area contributed by atoms with Crippen molar-refractivity contribution in [1.29, 1.82) is 0 Å². The summed E-state index contributed by atoms with van der Waals surface area (Å²) in [5.74, 6) is -0.543. The highest BCUT2D eigenvalue weighted by Gasteiger charge is 2.10. The quantitative estimate of drug-likeness (QED) is 0.424. The minimum Gasteiger partial charge on any atom is -0.548 e. The molecule has 0 unspecified atom stereocenters. The second kappa shape index (κ2) is 13.8. The van der Waals surface area contributed by atoms with Crippen LogP contribution >= 0.6 is 11.8 Å². The lowest BCUT2D eigenvalue weighted by Gasteiger charge is -2.17. The van der Waals surface area contributed by atoms with E-state index in [0.29, 0.717) is 5.75 Å². The van der Waals surface area contributed by atoms with Gasteiger partial charge in [-0.25, -0.2) is 0 Å². The third-order valence-electron chi connectivity index (χ3n) is 3.62. The van der Waals surface area contributed by atoms with E-state index in [1.165, 1.54) is 35.4 Å². The molecule has 4 nitrogen and oxygen atoms in total. The van der Waals surface area contributed by atoms with Crippen molar-refractivity contribution in [3.05, 3.63) is 34.9 Å². The smallest absolute Gasteiger partial charge is 0.217 e. The van der Waals surface area contributed by atoms with Crippen LogP contribution in [0.5, 0.6) is 0 Å². The number of rotatable bonds is 12. The monoisotopic (exact) mass is 366 g/mol. The van der Waals surface area contributed by atoms with E-state index in [2.05, 4.69) is 51.2 Å². The van der Waals surface area contributed by atoms with E-state index in [4.69, 9.17) is 0 Å². The van der Waals surface area contributed by atoms with E-state index >= 15 is 0 Å². The molecule has 1 N–H and O–H groups in total. The summed E-state index contributed by atoms with van der Waals surface area (Å²) in [6, 6.07) is -0.928. The standard InChI is InChI=1S/C20H33NO3S/c1-15(2)8-6-9-16(3)10-7-11-17(4)12-13-25-14-19(20(23)24)21-18(5)22/h8,10,12,19H,6-7,9,11,13-14H2,1-5H3,(H,21,22)(H,23,24)/p-1/b16-10+,17-12+/t19-/m0/s1. The van der Waals surface area contributed by atoms with Gasteiger partial charge in [0.1, 0.15) is 0 Å². The summed E-state index contributed by atoms with van der Waals surface area (Å²) in [4.78, 5) is 21.9. The van der Waals surface area contributed by atoms with Gasteiger partial charge in [0.15, 0.2) is 0 Å². The first-order valence-corrected chi connectivity index (χ1v) is 9.88. The summed E-state index contributed by atoms with van der Waals surface area (Å²) in [6.07, 6.45) is 10.9. The number of hydrogen-bond acceptors (Lipinski definition) is 4. The third kappa shape index (κ3) is 14.6. The number of carboxylic acid groups (broad SMARTS) is 1. The van der Waals surface area contributed by atoms with Gasteiger partial charge in [-0.2, -0.15) is 11.8 Å². The molecule has 0 aliphatic carbocycles. The lowest BCUT2D eigenvalue weighted by molar-refractivity contribution is -0.307. The van der Waals surface area contributed by atoms with Crippen LogP contribution in [-0.2, 0) is 9.59 Å². The highest BCUT2D eigenvalue weighted by molar-refractivity contribution is 7.99. The average molecular weight is 367 g/mol. The molecule has 1 amide bonds. The van der Waals surface area contributed by atoms with Crippen molar-refractivity contribution in [3.63, 3.8) is 0 Å². The summed E-state index contributed by atoms with van der Waals surface area (Å²) >= 11 is 1.48. The number of thioether (sulfide) groups is 1. The molecule has 0 rings (SSSR count). The zero-order chi connectivity index (χ0) is 19.2. The minimum absolute atomic E-state index is 0.315. The van der Waals surface area contributed by atoms with Crippen molar-refractivity contribution in [2.24, 2.45) is 0 Å². The van der Waals surface area contributed by atoms with Crippen LogP contribution in [0.15, 0.2) is 34.9 Å². The molecule has 0 aliphatic rings. The molecule has 0 heterocycles. The summed E-state index contributed by atoms with van der Waals surface area (Å²) in [5.41, 5.74) is 4.08. The molecule has 0 bridgehead atoms. The van der Waals surface area contributed by atoms with Crippen molar-refractivity contribution in [2.45, 2.75) is 66.3 Å². The fraction of sp³-hybridized carbons (Fsp3) is 0.600. The van der Waals surface area contributed by atoms with Crippen LogP contribution in [0.2, 0.25) is 0 Å². The number of amides is 1. The molecule has 0 fully saturated rings. The largest absolute Gasteiger partial charge is 0.548 e. The van der Waals surface area contributed by atoms with Crippen molar-refractivity contribution < 1.29 is 14.7 Å². The van der Waals surface area contributed by atoms with Crippen LogP contribution in [0.25, 0.3) is 0 Å². The van der Waals surface area contributed by atoms with Gasteiger partial charge in [0.05, 0.1) is 12.0 Å². The first kappa shape index (κ1) is 23.5. The minimum atomic E-state index is -1.24. The fourth-order valence-corrected chi connectivity index (χ4v) is 3.13. The Bertz CT molecular complexity index is 517. The second-order valence-corrected chi connectivity index (χ2v) is 7.64. The molecule has 0 saturated carbocycles. The summed E-state index contributed by atoms with van der Waals surface area (Å²) in [5, 5.41) is 13.3. The number of aliphatic carboxylic acids is 1. The third-order valence-corrected chi connectivity index (χ3v) is 4.59. The van der Waals surface area contributed by atoms with E-state index in [-0.39, 0.29) is 5.91 Å². The van der Waals surface area contributed by atoms with Crippen molar-refractivity contribution in [3.8, 4) is 0 Å². The van der Waals surface area contributed by atoms with Crippen molar-refractivity contribution >= 4 is 23.6 Å². The summed E-state index contributed by atoms with van der Waals surface area (Å²) < 4.78 is 0. The van der Waals surface area contributed by atoms with Crippen LogP contribution in [-0.4, -0.2) is 29.4 Å². The summed E-state index contributed by atoms with van der Waals surface area (Å²) in [7, 11) is 0. The molecule has 0 aromatic rings. The van der Waals surface area contributed by atoms with Gasteiger partial charge in [0, 0.05) is 18.4 Å². The Labute approximate surface area is 156 Å². The molecule has 142 valence electrons. The number of nitrogens with one attached hydrogen (secondary N) is 1. The van der Waals surface area contributed by atoms with Gasteiger partial charge in [0.2, 0.25) is 5.91 Å². The Hall–Kier alpha value is -1.49. The number of carboxylic acids is 1. The normalized spacial score (nSPS) is 13.3. The molecular weight excluding hydrogens is 334 g/mol. The first-order chi connectivity index (χ1) is 11.7. The Morgan fingerprint density at radius 2 is 1.52 bits per heavy atom. The molecule has 5 heteroatoms. The van der Waals surface area contributed by atoms with E-state index < -0.39 is 12.0 Å². The van der Waals surface area contributed by atoms with Crippen LogP contribution in [0, 0.1) is 0 Å². The molecule has 25 heavy (non-hydrogen) atoms. The number of carbonyl (C=O) groups excluding carboxylic acids is 2. The van der Waals surface area contributed by atoms with Gasteiger partial charge in [0.25, 0.3) is 0 Å². The molecule has 0 aromatic heterocycles. The highest BCUT2D eigenvalue weighted by Crippen LogP contribution is 2.12. The molecule has 1 atom stereocenters. The van der Waals surface area contributed by atoms with Crippen LogP contribution in [0.1, 0.15) is 60.3 Å². The SMILES string of the molecule is CC(=O)N[C@@H](CSC/C=C(\C)CC/C=C(\C)CCC=C(C)C)C(=O)[O-]. The lowest BCUT2D eigenvalue weighted by Crippen LogP contribution is -2.48. The van der Waals surface area contributed by atoms with Gasteiger partial charge in [-0.3, -0.25) is 4.79 Å². The Morgan fingerprint density at radius 1 is 0.960 bits per heavy atom. The van der Waals surface area contributed by atoms with Gasteiger partial charge in [-0.15, -0.1) is 0 Å². The zero-order valence-electron chi connectivity index (χ0n) is 16.2. The van der Waals surface area contributed by atoms with Crippen LogP contribution in [0.3, 0.4) is 0 Å². The van der Waals surface area contributed by atoms with E-state index in [1.54, 1.807) is 0 Å². The van der Waals surface area contributed by atoms with Gasteiger partial charge in [-0.05, 0) is 53.4 Å². The highest BCUT2D eigenvalue weighted by atomic mass is 32.2. The maximum atomic E-state index is 10.9. The maximum absolute atomic E-state index is 10.9. The predicted molar refractivity (Wildman–Crippen MR) is 105 cm³/mol. The molecule has 0 spiro atoms. The fourth-order valence-electron chi connectivity index (χ4n) is 2.14. The zero-order valence-corrected chi connectivity index (χ0v) is 17.0. The van der Waals surface area contributed by atoms with Crippen LogP contribution < -0.4 is 10.4 Å². The molecular formula is C20H32NO3S-. The van der Waals surface area contributed by atoms with Gasteiger partial charge < -0.3 is 15.2 Å². The summed E-state index contributed by atoms with van der Waals surface area (Å²) in [6.45, 7) is 9.82. The van der Waals surface area contributed by atoms with Gasteiger partial charge in [-0.1, -0.05) is 34.9 Å². The average Bonchev–Trinajstić information content (AvgIpc) is 2.49. The number of hydrogen-bond donors (Lipinski definition) is 1. The number of carbonyl (C=O) groups is 2. The Kier molecular flexibility index (Phi) is 12.9. The maximum Gasteiger partial charge on any atom is 0.217 e. The molecule has 0 aliphatic heterocycles. The number of allylic oxidation sites excluding steroid dienone is 5. The predicted octanol–water partition coefficient (Wildman–Crippen LogP) is 3.39. The van der Waals surface area contributed by atoms with Gasteiger partial charge >= 0.3 is 0 Å². The molecule has 0 radical (unpaired) electrons. The molecule has 0 saturated heterocycles. The lowest BCUT2D eigenvalue weighted by atomic mass is 10.1. The van der Waals surface area contributed by atoms with E-state index in [9.17, 15) is 14.7 Å². The Balaban J connectivity index is 4.07. The van der Waals surface area contributed by atoms with E-state index in [0.717, 1.165) is 31.4 Å². The first-order valence-electron chi connectivity index (χ1n) is 8.72. The second-order valence-electron chi connectivity index (χ2n) is 6.57. The van der Waals surface area contributed by atoms with Crippen molar-refractivity contribution in [2.75, 3.05) is 11.5 Å². The van der Waals surface area contributed by atoms with Crippen LogP contribution in [0.4, 0.5) is 0 Å². The molecule has 0 aromatic carbocycles. The topological polar surface area (TPSA) is 69.2 Å².